The van der Waals surface area contributed by atoms with E-state index in [2.05, 4.69) is 9.97 Å². The quantitative estimate of drug-likeness (QED) is 0.801. The van der Waals surface area contributed by atoms with Crippen LogP contribution in [-0.4, -0.2) is 20.7 Å². The molecule has 0 bridgehead atoms. The standard InChI is InChI=1S/C11H11ClF3N3/c12-7-9-17-8-3-1-5-16-10(8)18(9)6-2-4-11(13,14)15/h1,3,5H,2,4,6-7H2. The second-order valence-electron chi connectivity index (χ2n) is 3.88. The largest absolute Gasteiger partial charge is 0.389 e. The van der Waals surface area contributed by atoms with Gasteiger partial charge in [-0.25, -0.2) is 9.97 Å². The molecule has 0 radical (unpaired) electrons. The molecular weight excluding hydrogens is 267 g/mol. The van der Waals surface area contributed by atoms with Crippen LogP contribution in [0.5, 0.6) is 0 Å². The van der Waals surface area contributed by atoms with Gasteiger partial charge in [0.15, 0.2) is 5.65 Å². The van der Waals surface area contributed by atoms with E-state index in [1.165, 1.54) is 0 Å². The summed E-state index contributed by atoms with van der Waals surface area (Å²) in [5.74, 6) is 0.704. The Balaban J connectivity index is 2.20. The Morgan fingerprint density at radius 3 is 2.78 bits per heavy atom. The number of imidazole rings is 1. The van der Waals surface area contributed by atoms with Crippen LogP contribution in [0.2, 0.25) is 0 Å². The third-order valence-corrected chi connectivity index (χ3v) is 2.78. The van der Waals surface area contributed by atoms with Crippen molar-refractivity contribution in [2.45, 2.75) is 31.4 Å². The van der Waals surface area contributed by atoms with Gasteiger partial charge in [0.2, 0.25) is 0 Å². The van der Waals surface area contributed by atoms with E-state index in [1.54, 1.807) is 22.9 Å². The van der Waals surface area contributed by atoms with E-state index in [0.29, 0.717) is 17.0 Å². The van der Waals surface area contributed by atoms with Crippen LogP contribution in [0, 0.1) is 0 Å². The zero-order chi connectivity index (χ0) is 13.2. The van der Waals surface area contributed by atoms with Gasteiger partial charge in [0.25, 0.3) is 0 Å². The molecule has 0 saturated carbocycles. The summed E-state index contributed by atoms with van der Waals surface area (Å²) < 4.78 is 38.0. The molecule has 0 spiro atoms. The fraction of sp³-hybridized carbons (Fsp3) is 0.455. The molecule has 18 heavy (non-hydrogen) atoms. The number of fused-ring (bicyclic) bond motifs is 1. The summed E-state index contributed by atoms with van der Waals surface area (Å²) in [5, 5.41) is 0. The molecule has 0 unspecified atom stereocenters. The number of nitrogens with zero attached hydrogens (tertiary/aromatic N) is 3. The van der Waals surface area contributed by atoms with Crippen LogP contribution in [0.4, 0.5) is 13.2 Å². The Bertz CT molecular complexity index is 536. The zero-order valence-corrected chi connectivity index (χ0v) is 10.2. The molecule has 0 aliphatic heterocycles. The SMILES string of the molecule is FC(F)(F)CCCn1c(CCl)nc2cccnc21. The van der Waals surface area contributed by atoms with E-state index >= 15 is 0 Å². The van der Waals surface area contributed by atoms with Gasteiger partial charge in [-0.05, 0) is 18.6 Å². The van der Waals surface area contributed by atoms with Gasteiger partial charge in [0, 0.05) is 19.2 Å². The molecule has 3 nitrogen and oxygen atoms in total. The normalized spacial score (nSPS) is 12.2. The molecule has 7 heteroatoms. The number of pyridine rings is 1. The maximum Gasteiger partial charge on any atom is 0.389 e. The number of aromatic nitrogens is 3. The first kappa shape index (κ1) is 13.1. The van der Waals surface area contributed by atoms with Crippen molar-refractivity contribution in [3.8, 4) is 0 Å². The first-order valence-electron chi connectivity index (χ1n) is 5.44. The molecule has 0 amide bonds. The Hall–Kier alpha value is -1.30. The minimum Gasteiger partial charge on any atom is -0.312 e. The van der Waals surface area contributed by atoms with Gasteiger partial charge in [-0.1, -0.05) is 0 Å². The highest BCUT2D eigenvalue weighted by molar-refractivity contribution is 6.16. The van der Waals surface area contributed by atoms with E-state index < -0.39 is 12.6 Å². The van der Waals surface area contributed by atoms with E-state index in [1.807, 2.05) is 0 Å². The molecule has 0 aromatic carbocycles. The highest BCUT2D eigenvalue weighted by Crippen LogP contribution is 2.23. The predicted molar refractivity (Wildman–Crippen MR) is 62.4 cm³/mol. The molecule has 98 valence electrons. The Morgan fingerprint density at radius 1 is 1.33 bits per heavy atom. The third kappa shape index (κ3) is 2.93. The van der Waals surface area contributed by atoms with Gasteiger partial charge >= 0.3 is 6.18 Å². The molecule has 0 fully saturated rings. The van der Waals surface area contributed by atoms with Crippen LogP contribution >= 0.6 is 11.6 Å². The van der Waals surface area contributed by atoms with Gasteiger partial charge in [-0.3, -0.25) is 0 Å². The second-order valence-corrected chi connectivity index (χ2v) is 4.15. The molecule has 0 atom stereocenters. The predicted octanol–water partition coefficient (Wildman–Crippen LogP) is 3.51. The maximum atomic E-state index is 12.1. The molecule has 0 aliphatic carbocycles. The van der Waals surface area contributed by atoms with Gasteiger partial charge in [0.1, 0.15) is 11.3 Å². The van der Waals surface area contributed by atoms with Crippen LogP contribution in [0.1, 0.15) is 18.7 Å². The van der Waals surface area contributed by atoms with Crippen molar-refractivity contribution in [1.82, 2.24) is 14.5 Å². The summed E-state index contributed by atoms with van der Waals surface area (Å²) in [4.78, 5) is 8.36. The van der Waals surface area contributed by atoms with Gasteiger partial charge in [-0.2, -0.15) is 13.2 Å². The lowest BCUT2D eigenvalue weighted by molar-refractivity contribution is -0.135. The lowest BCUT2D eigenvalue weighted by Gasteiger charge is -2.08. The summed E-state index contributed by atoms with van der Waals surface area (Å²) >= 11 is 5.74. The number of halogens is 4. The van der Waals surface area contributed by atoms with Gasteiger partial charge in [0.05, 0.1) is 5.88 Å². The zero-order valence-electron chi connectivity index (χ0n) is 9.41. The summed E-state index contributed by atoms with van der Waals surface area (Å²) in [6, 6.07) is 3.49. The summed E-state index contributed by atoms with van der Waals surface area (Å²) in [6.45, 7) is 0.217. The van der Waals surface area contributed by atoms with Crippen molar-refractivity contribution < 1.29 is 13.2 Å². The highest BCUT2D eigenvalue weighted by atomic mass is 35.5. The number of hydrogen-bond acceptors (Lipinski definition) is 2. The van der Waals surface area contributed by atoms with Crippen molar-refractivity contribution in [3.63, 3.8) is 0 Å². The van der Waals surface area contributed by atoms with Crippen molar-refractivity contribution in [1.29, 1.82) is 0 Å². The van der Waals surface area contributed by atoms with Crippen molar-refractivity contribution in [2.75, 3.05) is 0 Å². The fourth-order valence-electron chi connectivity index (χ4n) is 1.78. The van der Waals surface area contributed by atoms with Crippen molar-refractivity contribution >= 4 is 22.8 Å². The second kappa shape index (κ2) is 5.14. The van der Waals surface area contributed by atoms with Crippen molar-refractivity contribution in [3.05, 3.63) is 24.2 Å². The number of aryl methyl sites for hydroxylation is 1. The van der Waals surface area contributed by atoms with Crippen LogP contribution in [0.25, 0.3) is 11.2 Å². The number of alkyl halides is 4. The topological polar surface area (TPSA) is 30.7 Å². The first-order valence-corrected chi connectivity index (χ1v) is 5.97. The average molecular weight is 278 g/mol. The minimum absolute atomic E-state index is 0.00454. The highest BCUT2D eigenvalue weighted by Gasteiger charge is 2.26. The molecule has 0 saturated heterocycles. The molecule has 2 aromatic heterocycles. The molecule has 2 rings (SSSR count). The lowest BCUT2D eigenvalue weighted by Crippen LogP contribution is -2.10. The average Bonchev–Trinajstić information content (AvgIpc) is 2.66. The van der Waals surface area contributed by atoms with Crippen molar-refractivity contribution in [2.24, 2.45) is 0 Å². The molecule has 2 heterocycles. The lowest BCUT2D eigenvalue weighted by atomic mass is 10.3. The smallest absolute Gasteiger partial charge is 0.312 e. The van der Waals surface area contributed by atoms with E-state index in [9.17, 15) is 13.2 Å². The molecular formula is C11H11ClF3N3. The number of rotatable bonds is 4. The third-order valence-electron chi connectivity index (χ3n) is 2.54. The van der Waals surface area contributed by atoms with Gasteiger partial charge < -0.3 is 4.57 Å². The molecule has 0 aliphatic rings. The summed E-state index contributed by atoms with van der Waals surface area (Å²) in [5.41, 5.74) is 1.23. The van der Waals surface area contributed by atoms with E-state index in [-0.39, 0.29) is 18.8 Å². The van der Waals surface area contributed by atoms with Crippen LogP contribution in [-0.2, 0) is 12.4 Å². The van der Waals surface area contributed by atoms with E-state index in [0.717, 1.165) is 0 Å². The van der Waals surface area contributed by atoms with Crippen LogP contribution in [0.3, 0.4) is 0 Å². The van der Waals surface area contributed by atoms with E-state index in [4.69, 9.17) is 11.6 Å². The number of hydrogen-bond donors (Lipinski definition) is 0. The van der Waals surface area contributed by atoms with Crippen LogP contribution in [0.15, 0.2) is 18.3 Å². The van der Waals surface area contributed by atoms with Gasteiger partial charge in [-0.15, -0.1) is 11.6 Å². The Kier molecular flexibility index (Phi) is 3.75. The maximum absolute atomic E-state index is 12.1. The Labute approximate surface area is 107 Å². The minimum atomic E-state index is -4.13. The first-order chi connectivity index (χ1) is 8.51. The molecule has 2 aromatic rings. The summed E-state index contributed by atoms with van der Waals surface area (Å²) in [7, 11) is 0. The molecule has 0 N–H and O–H groups in total. The monoisotopic (exact) mass is 277 g/mol. The van der Waals surface area contributed by atoms with Crippen LogP contribution < -0.4 is 0 Å². The summed E-state index contributed by atoms with van der Waals surface area (Å²) in [6.07, 6.45) is -3.37. The Morgan fingerprint density at radius 2 is 2.11 bits per heavy atom. The fourth-order valence-corrected chi connectivity index (χ4v) is 1.98.